The van der Waals surface area contributed by atoms with Gasteiger partial charge in [0.2, 0.25) is 0 Å². The molecule has 1 fully saturated rings. The van der Waals surface area contributed by atoms with E-state index in [1.54, 1.807) is 0 Å². The maximum atomic E-state index is 10.7. The molecule has 98 valence electrons. The molecule has 0 amide bonds. The Morgan fingerprint density at radius 2 is 2.33 bits per heavy atom. The molecule has 0 spiro atoms. The summed E-state index contributed by atoms with van der Waals surface area (Å²) in [6.07, 6.45) is 2.41. The Morgan fingerprint density at radius 1 is 1.56 bits per heavy atom. The van der Waals surface area contributed by atoms with Crippen molar-refractivity contribution in [1.29, 1.82) is 0 Å². The number of nitrogens with zero attached hydrogens (tertiary/aromatic N) is 3. The predicted octanol–water partition coefficient (Wildman–Crippen LogP) is -0.239. The molecule has 0 radical (unpaired) electrons. The number of hydrogen-bond acceptors (Lipinski definition) is 6. The summed E-state index contributed by atoms with van der Waals surface area (Å²) in [5.74, 6) is -0.508. The summed E-state index contributed by atoms with van der Waals surface area (Å²) in [4.78, 5) is 20.5. The number of aromatic nitrogens is 2. The van der Waals surface area contributed by atoms with Crippen LogP contribution in [0.1, 0.15) is 17.4 Å². The third kappa shape index (κ3) is 2.57. The highest BCUT2D eigenvalue weighted by Crippen LogP contribution is 2.18. The first-order chi connectivity index (χ1) is 8.61. The zero-order valence-corrected chi connectivity index (χ0v) is 9.98. The second-order valence-electron chi connectivity index (χ2n) is 4.20. The normalized spacial score (nSPS) is 24.0. The summed E-state index contributed by atoms with van der Waals surface area (Å²) in [7, 11) is 0. The van der Waals surface area contributed by atoms with Gasteiger partial charge >= 0.3 is 5.97 Å². The van der Waals surface area contributed by atoms with Crippen molar-refractivity contribution in [3.8, 4) is 0 Å². The fourth-order valence-corrected chi connectivity index (χ4v) is 1.83. The summed E-state index contributed by atoms with van der Waals surface area (Å²) in [6, 6.07) is 0.109. The molecule has 1 saturated heterocycles. The van der Waals surface area contributed by atoms with Gasteiger partial charge in [0, 0.05) is 6.54 Å². The zero-order chi connectivity index (χ0) is 13.1. The zero-order valence-electron chi connectivity index (χ0n) is 9.98. The van der Waals surface area contributed by atoms with E-state index in [4.69, 9.17) is 14.9 Å². The molecular formula is C11H15N3O4. The maximum absolute atomic E-state index is 10.7. The van der Waals surface area contributed by atoms with Gasteiger partial charge in [0.15, 0.2) is 5.69 Å². The summed E-state index contributed by atoms with van der Waals surface area (Å²) in [6.45, 7) is 2.93. The number of carboxylic acids is 1. The molecule has 1 aliphatic heterocycles. The van der Waals surface area contributed by atoms with E-state index < -0.39 is 5.97 Å². The van der Waals surface area contributed by atoms with E-state index in [9.17, 15) is 4.79 Å². The number of anilines is 1. The molecule has 1 aromatic rings. The summed E-state index contributed by atoms with van der Waals surface area (Å²) >= 11 is 0. The van der Waals surface area contributed by atoms with Crippen molar-refractivity contribution in [2.75, 3.05) is 24.7 Å². The van der Waals surface area contributed by atoms with Crippen molar-refractivity contribution < 1.29 is 19.7 Å². The highest BCUT2D eigenvalue weighted by atomic mass is 16.5. The Bertz CT molecular complexity index is 423. The molecule has 2 atom stereocenters. The highest BCUT2D eigenvalue weighted by molar-refractivity contribution is 5.84. The number of rotatable bonds is 3. The number of morpholine rings is 1. The van der Waals surface area contributed by atoms with Crippen molar-refractivity contribution in [3.05, 3.63) is 18.1 Å². The van der Waals surface area contributed by atoms with Gasteiger partial charge in [-0.1, -0.05) is 0 Å². The number of ether oxygens (including phenoxy) is 1. The molecule has 18 heavy (non-hydrogen) atoms. The van der Waals surface area contributed by atoms with E-state index >= 15 is 0 Å². The first-order valence-corrected chi connectivity index (χ1v) is 5.66. The second kappa shape index (κ2) is 5.28. The molecule has 7 heteroatoms. The van der Waals surface area contributed by atoms with Crippen LogP contribution in [0.15, 0.2) is 12.4 Å². The van der Waals surface area contributed by atoms with Crippen LogP contribution in [-0.4, -0.2) is 58.1 Å². The first-order valence-electron chi connectivity index (χ1n) is 5.66. The van der Waals surface area contributed by atoms with Gasteiger partial charge in [0.1, 0.15) is 5.82 Å². The fourth-order valence-electron chi connectivity index (χ4n) is 1.83. The molecule has 7 nitrogen and oxygen atoms in total. The lowest BCUT2D eigenvalue weighted by Gasteiger charge is -2.37. The van der Waals surface area contributed by atoms with E-state index in [2.05, 4.69) is 9.97 Å². The fraction of sp³-hybridized carbons (Fsp3) is 0.545. The molecule has 2 unspecified atom stereocenters. The minimum absolute atomic E-state index is 0.0517. The third-order valence-electron chi connectivity index (χ3n) is 2.86. The molecule has 0 bridgehead atoms. The number of carboxylic acid groups (broad SMARTS) is 1. The summed E-state index contributed by atoms with van der Waals surface area (Å²) in [5.41, 5.74) is -0.0848. The van der Waals surface area contributed by atoms with Crippen LogP contribution in [0, 0.1) is 0 Å². The molecule has 2 rings (SSSR count). The van der Waals surface area contributed by atoms with Crippen LogP contribution in [-0.2, 0) is 4.74 Å². The Hall–Kier alpha value is -1.73. The van der Waals surface area contributed by atoms with E-state index in [1.165, 1.54) is 12.4 Å². The van der Waals surface area contributed by atoms with Crippen molar-refractivity contribution in [1.82, 2.24) is 9.97 Å². The Kier molecular flexibility index (Phi) is 3.73. The van der Waals surface area contributed by atoms with Gasteiger partial charge in [0.05, 0.1) is 37.8 Å². The van der Waals surface area contributed by atoms with Crippen LogP contribution >= 0.6 is 0 Å². The number of aliphatic hydroxyl groups is 1. The SMILES string of the molecule is CC1COC(CO)CN1c1cnc(C(=O)O)cn1. The topological polar surface area (TPSA) is 95.8 Å². The quantitative estimate of drug-likeness (QED) is 0.767. The average molecular weight is 253 g/mol. The van der Waals surface area contributed by atoms with E-state index in [0.717, 1.165) is 0 Å². The maximum Gasteiger partial charge on any atom is 0.356 e. The monoisotopic (exact) mass is 253 g/mol. The largest absolute Gasteiger partial charge is 0.476 e. The van der Waals surface area contributed by atoms with Gasteiger partial charge in [-0.15, -0.1) is 0 Å². The van der Waals surface area contributed by atoms with Crippen LogP contribution in [0.3, 0.4) is 0 Å². The second-order valence-corrected chi connectivity index (χ2v) is 4.20. The van der Waals surface area contributed by atoms with Crippen LogP contribution in [0.5, 0.6) is 0 Å². The molecule has 1 aromatic heterocycles. The third-order valence-corrected chi connectivity index (χ3v) is 2.86. The molecule has 0 aliphatic carbocycles. The standard InChI is InChI=1S/C11H15N3O4/c1-7-6-18-8(5-15)4-14(7)10-3-12-9(2-13-10)11(16)17/h2-3,7-8,15H,4-6H2,1H3,(H,16,17). The van der Waals surface area contributed by atoms with E-state index in [0.29, 0.717) is 19.0 Å². The Morgan fingerprint density at radius 3 is 2.89 bits per heavy atom. The lowest BCUT2D eigenvalue weighted by atomic mass is 10.2. The smallest absolute Gasteiger partial charge is 0.356 e. The minimum atomic E-state index is -1.10. The number of carbonyl (C=O) groups is 1. The number of hydrogen-bond donors (Lipinski definition) is 2. The van der Waals surface area contributed by atoms with Crippen molar-refractivity contribution in [2.24, 2.45) is 0 Å². The van der Waals surface area contributed by atoms with Crippen LogP contribution in [0.2, 0.25) is 0 Å². The van der Waals surface area contributed by atoms with Crippen molar-refractivity contribution >= 4 is 11.8 Å². The lowest BCUT2D eigenvalue weighted by molar-refractivity contribution is -0.0106. The molecule has 0 aromatic carbocycles. The average Bonchev–Trinajstić information content (AvgIpc) is 2.39. The van der Waals surface area contributed by atoms with Gasteiger partial charge in [-0.25, -0.2) is 14.8 Å². The van der Waals surface area contributed by atoms with Gasteiger partial charge in [-0.3, -0.25) is 0 Å². The van der Waals surface area contributed by atoms with Crippen LogP contribution in [0.4, 0.5) is 5.82 Å². The van der Waals surface area contributed by atoms with Crippen molar-refractivity contribution in [2.45, 2.75) is 19.1 Å². The Labute approximate surface area is 104 Å². The molecular weight excluding hydrogens is 238 g/mol. The van der Waals surface area contributed by atoms with E-state index in [-0.39, 0.29) is 24.4 Å². The van der Waals surface area contributed by atoms with Crippen LogP contribution in [0.25, 0.3) is 0 Å². The Balaban J connectivity index is 2.16. The van der Waals surface area contributed by atoms with E-state index in [1.807, 2.05) is 11.8 Å². The number of aliphatic hydroxyl groups excluding tert-OH is 1. The predicted molar refractivity (Wildman–Crippen MR) is 62.6 cm³/mol. The highest BCUT2D eigenvalue weighted by Gasteiger charge is 2.26. The molecule has 0 saturated carbocycles. The van der Waals surface area contributed by atoms with Gasteiger partial charge < -0.3 is 19.8 Å². The number of aromatic carboxylic acids is 1. The van der Waals surface area contributed by atoms with Crippen LogP contribution < -0.4 is 4.90 Å². The summed E-state index contributed by atoms with van der Waals surface area (Å²) < 4.78 is 5.42. The first kappa shape index (κ1) is 12.7. The lowest BCUT2D eigenvalue weighted by Crippen LogP contribution is -2.50. The summed E-state index contributed by atoms with van der Waals surface area (Å²) in [5, 5.41) is 17.8. The molecule has 2 N–H and O–H groups in total. The minimum Gasteiger partial charge on any atom is -0.476 e. The van der Waals surface area contributed by atoms with Crippen molar-refractivity contribution in [3.63, 3.8) is 0 Å². The molecule has 2 heterocycles. The van der Waals surface area contributed by atoms with Gasteiger partial charge in [-0.2, -0.15) is 0 Å². The molecule has 1 aliphatic rings. The van der Waals surface area contributed by atoms with Gasteiger partial charge in [-0.05, 0) is 6.92 Å². The van der Waals surface area contributed by atoms with Gasteiger partial charge in [0.25, 0.3) is 0 Å².